The van der Waals surface area contributed by atoms with Gasteiger partial charge in [0.1, 0.15) is 5.70 Å². The van der Waals surface area contributed by atoms with Crippen LogP contribution in [-0.4, -0.2) is 39.5 Å². The molecule has 2 atom stereocenters. The van der Waals surface area contributed by atoms with E-state index < -0.39 is 0 Å². The summed E-state index contributed by atoms with van der Waals surface area (Å²) in [6, 6.07) is 18.5. The number of carbonyl (C=O) groups excluding carboxylic acids is 1. The van der Waals surface area contributed by atoms with Gasteiger partial charge in [0.25, 0.3) is 5.91 Å². The highest BCUT2D eigenvalue weighted by Gasteiger charge is 2.42. The molecule has 1 amide bonds. The summed E-state index contributed by atoms with van der Waals surface area (Å²) in [5.41, 5.74) is 8.85. The molecule has 0 saturated carbocycles. The van der Waals surface area contributed by atoms with Crippen molar-refractivity contribution in [2.45, 2.75) is 58.0 Å². The number of piperazine rings is 1. The van der Waals surface area contributed by atoms with Gasteiger partial charge < -0.3 is 4.90 Å². The number of hydrogen-bond donors (Lipinski definition) is 1. The van der Waals surface area contributed by atoms with Crippen LogP contribution in [0.1, 0.15) is 48.4 Å². The summed E-state index contributed by atoms with van der Waals surface area (Å²) >= 11 is 0. The van der Waals surface area contributed by atoms with Crippen LogP contribution in [0.4, 0.5) is 0 Å². The first-order chi connectivity index (χ1) is 15.7. The van der Waals surface area contributed by atoms with Crippen molar-refractivity contribution in [3.63, 3.8) is 0 Å². The van der Waals surface area contributed by atoms with Gasteiger partial charge in [-0.05, 0) is 41.3 Å². The molecule has 0 spiro atoms. The number of hydrogen-bond acceptors (Lipinski definition) is 5. The van der Waals surface area contributed by atoms with Crippen LogP contribution in [0, 0.1) is 11.3 Å². The summed E-state index contributed by atoms with van der Waals surface area (Å²) in [7, 11) is 0. The van der Waals surface area contributed by atoms with E-state index in [0.717, 1.165) is 43.6 Å². The van der Waals surface area contributed by atoms with Crippen molar-refractivity contribution in [3.8, 4) is 6.07 Å². The SMILES string of the molecule is CCCCC1CN(Cc2ccc(C#N)cc2)C(=O)C2=CC(N3Cc4ccccc4C3)NN21. The summed E-state index contributed by atoms with van der Waals surface area (Å²) in [6.07, 6.45) is 5.45. The van der Waals surface area contributed by atoms with Crippen molar-refractivity contribution in [1.82, 2.24) is 20.2 Å². The van der Waals surface area contributed by atoms with Gasteiger partial charge in [-0.15, -0.1) is 0 Å². The van der Waals surface area contributed by atoms with Gasteiger partial charge in [0.15, 0.2) is 0 Å². The van der Waals surface area contributed by atoms with Crippen molar-refractivity contribution in [2.75, 3.05) is 6.54 Å². The van der Waals surface area contributed by atoms with Crippen LogP contribution in [0.15, 0.2) is 60.3 Å². The van der Waals surface area contributed by atoms with E-state index in [-0.39, 0.29) is 18.1 Å². The molecule has 1 saturated heterocycles. The monoisotopic (exact) mass is 427 g/mol. The summed E-state index contributed by atoms with van der Waals surface area (Å²) in [6.45, 7) is 5.28. The zero-order chi connectivity index (χ0) is 22.1. The minimum absolute atomic E-state index is 0.0281. The number of nitrogens with one attached hydrogen (secondary N) is 1. The molecule has 6 heteroatoms. The molecule has 0 bridgehead atoms. The fourth-order valence-electron chi connectivity index (χ4n) is 4.98. The van der Waals surface area contributed by atoms with Crippen LogP contribution in [0.25, 0.3) is 0 Å². The van der Waals surface area contributed by atoms with Crippen molar-refractivity contribution in [1.29, 1.82) is 5.26 Å². The first kappa shape index (κ1) is 20.7. The number of rotatable bonds is 6. The molecular formula is C26H29N5O. The third-order valence-corrected chi connectivity index (χ3v) is 6.76. The van der Waals surface area contributed by atoms with Gasteiger partial charge in [-0.1, -0.05) is 56.2 Å². The molecule has 164 valence electrons. The van der Waals surface area contributed by atoms with E-state index in [9.17, 15) is 4.79 Å². The van der Waals surface area contributed by atoms with Crippen LogP contribution in [0.2, 0.25) is 0 Å². The Morgan fingerprint density at radius 3 is 2.47 bits per heavy atom. The lowest BCUT2D eigenvalue weighted by molar-refractivity contribution is -0.135. The lowest BCUT2D eigenvalue weighted by atomic mass is 10.0. The number of benzene rings is 2. The fourth-order valence-corrected chi connectivity index (χ4v) is 4.98. The molecule has 1 N–H and O–H groups in total. The fraction of sp³-hybridized carbons (Fsp3) is 0.385. The molecule has 0 aliphatic carbocycles. The Kier molecular flexibility index (Phi) is 5.69. The van der Waals surface area contributed by atoms with Crippen molar-refractivity contribution in [3.05, 3.63) is 82.6 Å². The number of nitrogens with zero attached hydrogens (tertiary/aromatic N) is 4. The Morgan fingerprint density at radius 2 is 1.81 bits per heavy atom. The number of amides is 1. The average molecular weight is 428 g/mol. The molecule has 6 nitrogen and oxygen atoms in total. The van der Waals surface area contributed by atoms with Crippen LogP contribution >= 0.6 is 0 Å². The Hall–Kier alpha value is -3.14. The first-order valence-corrected chi connectivity index (χ1v) is 11.5. The molecule has 0 aromatic heterocycles. The van der Waals surface area contributed by atoms with Crippen LogP contribution in [0.5, 0.6) is 0 Å². The smallest absolute Gasteiger partial charge is 0.271 e. The largest absolute Gasteiger partial charge is 0.331 e. The first-order valence-electron chi connectivity index (χ1n) is 11.5. The van der Waals surface area contributed by atoms with Gasteiger partial charge >= 0.3 is 0 Å². The maximum absolute atomic E-state index is 13.4. The van der Waals surface area contributed by atoms with Crippen LogP contribution in [-0.2, 0) is 24.4 Å². The van der Waals surface area contributed by atoms with E-state index in [2.05, 4.69) is 58.7 Å². The third kappa shape index (κ3) is 3.90. The Bertz CT molecular complexity index is 1050. The van der Waals surface area contributed by atoms with Gasteiger partial charge in [0.2, 0.25) is 0 Å². The number of nitriles is 1. The minimum atomic E-state index is 0.0281. The van der Waals surface area contributed by atoms with Crippen LogP contribution < -0.4 is 5.43 Å². The van der Waals surface area contributed by atoms with Crippen molar-refractivity contribution >= 4 is 5.91 Å². The average Bonchev–Trinajstić information content (AvgIpc) is 3.45. The van der Waals surface area contributed by atoms with Gasteiger partial charge in [0.05, 0.1) is 23.8 Å². The lowest BCUT2D eigenvalue weighted by Crippen LogP contribution is -2.58. The summed E-state index contributed by atoms with van der Waals surface area (Å²) in [4.78, 5) is 17.8. The Morgan fingerprint density at radius 1 is 1.09 bits per heavy atom. The maximum Gasteiger partial charge on any atom is 0.271 e. The van der Waals surface area contributed by atoms with E-state index in [1.165, 1.54) is 11.1 Å². The lowest BCUT2D eigenvalue weighted by Gasteiger charge is -2.42. The van der Waals surface area contributed by atoms with Gasteiger partial charge in [-0.3, -0.25) is 14.7 Å². The quantitative estimate of drug-likeness (QED) is 0.765. The molecule has 5 rings (SSSR count). The van der Waals surface area contributed by atoms with Crippen LogP contribution in [0.3, 0.4) is 0 Å². The van der Waals surface area contributed by atoms with Gasteiger partial charge in [-0.2, -0.15) is 5.26 Å². The number of hydrazine groups is 1. The molecule has 2 aromatic carbocycles. The maximum atomic E-state index is 13.4. The predicted octanol–water partition coefficient (Wildman–Crippen LogP) is 3.51. The van der Waals surface area contributed by atoms with E-state index in [1.807, 2.05) is 29.2 Å². The van der Waals surface area contributed by atoms with Gasteiger partial charge in [-0.25, -0.2) is 5.43 Å². The highest BCUT2D eigenvalue weighted by atomic mass is 16.2. The summed E-state index contributed by atoms with van der Waals surface area (Å²) in [5, 5.41) is 11.2. The van der Waals surface area contributed by atoms with Gasteiger partial charge in [0, 0.05) is 26.2 Å². The van der Waals surface area contributed by atoms with E-state index in [4.69, 9.17) is 5.26 Å². The molecule has 1 fully saturated rings. The van der Waals surface area contributed by atoms with Crippen molar-refractivity contribution < 1.29 is 4.79 Å². The zero-order valence-corrected chi connectivity index (χ0v) is 18.5. The second kappa shape index (κ2) is 8.78. The van der Waals surface area contributed by atoms with E-state index >= 15 is 0 Å². The molecule has 2 unspecified atom stereocenters. The molecular weight excluding hydrogens is 398 g/mol. The van der Waals surface area contributed by atoms with E-state index in [0.29, 0.717) is 18.7 Å². The second-order valence-corrected chi connectivity index (χ2v) is 8.96. The minimum Gasteiger partial charge on any atom is -0.331 e. The zero-order valence-electron chi connectivity index (χ0n) is 18.5. The summed E-state index contributed by atoms with van der Waals surface area (Å²) < 4.78 is 0. The summed E-state index contributed by atoms with van der Waals surface area (Å²) in [5.74, 6) is 0.0776. The third-order valence-electron chi connectivity index (χ3n) is 6.76. The predicted molar refractivity (Wildman–Crippen MR) is 122 cm³/mol. The number of unbranched alkanes of at least 4 members (excludes halogenated alkanes) is 1. The highest BCUT2D eigenvalue weighted by molar-refractivity contribution is 5.94. The Labute approximate surface area is 189 Å². The highest BCUT2D eigenvalue weighted by Crippen LogP contribution is 2.31. The normalized spacial score (nSPS) is 22.5. The van der Waals surface area contributed by atoms with E-state index in [1.54, 1.807) is 0 Å². The van der Waals surface area contributed by atoms with Crippen molar-refractivity contribution in [2.24, 2.45) is 0 Å². The molecule has 3 aliphatic heterocycles. The number of carbonyl (C=O) groups is 1. The molecule has 2 aromatic rings. The topological polar surface area (TPSA) is 62.6 Å². The molecule has 3 aliphatic rings. The standard InChI is InChI=1S/C26H29N5O/c1-2-3-8-23-18-30(15-20-11-9-19(14-27)10-12-20)26(32)24-13-25(28-31(23)24)29-16-21-6-4-5-7-22(21)17-29/h4-7,9-13,23,25,28H,2-3,8,15-18H2,1H3. The molecule has 0 radical (unpaired) electrons. The second-order valence-electron chi connectivity index (χ2n) is 8.96. The molecule has 32 heavy (non-hydrogen) atoms. The molecule has 3 heterocycles. The number of fused-ring (bicyclic) bond motifs is 2. The Balaban J connectivity index is 1.36.